The zero-order chi connectivity index (χ0) is 12.9. The molecule has 0 aromatic rings. The van der Waals surface area contributed by atoms with Gasteiger partial charge >= 0.3 is 0 Å². The molecule has 0 bridgehead atoms. The van der Waals surface area contributed by atoms with E-state index in [1.807, 2.05) is 20.8 Å². The van der Waals surface area contributed by atoms with E-state index in [-0.39, 0.29) is 18.0 Å². The number of hydrogen-bond acceptors (Lipinski definition) is 1. The molecule has 1 N–H and O–H groups in total. The highest BCUT2D eigenvalue weighted by Gasteiger charge is 2.45. The molecule has 2 heteroatoms. The molecule has 1 unspecified atom stereocenters. The highest BCUT2D eigenvalue weighted by molar-refractivity contribution is 5.85. The third kappa shape index (κ3) is 1.62. The highest BCUT2D eigenvalue weighted by Crippen LogP contribution is 2.44. The third-order valence-corrected chi connectivity index (χ3v) is 3.01. The minimum absolute atomic E-state index is 0.0702. The smallest absolute Gasteiger partial charge is 0.230 e. The molecular formula is C11H19NO. The summed E-state index contributed by atoms with van der Waals surface area (Å²) >= 11 is 0. The van der Waals surface area contributed by atoms with Crippen molar-refractivity contribution in [3.8, 4) is 0 Å². The van der Waals surface area contributed by atoms with Crippen molar-refractivity contribution in [3.63, 3.8) is 0 Å². The van der Waals surface area contributed by atoms with Crippen LogP contribution in [0.2, 0.25) is 1.41 Å². The lowest BCUT2D eigenvalue weighted by Crippen LogP contribution is -2.49. The van der Waals surface area contributed by atoms with E-state index < -0.39 is 17.2 Å². The van der Waals surface area contributed by atoms with Crippen LogP contribution in [-0.2, 0) is 4.79 Å². The first-order chi connectivity index (χ1) is 6.93. The molecule has 1 atom stereocenters. The summed E-state index contributed by atoms with van der Waals surface area (Å²) in [6.45, 7) is 10.9. The number of rotatable bonds is 0. The summed E-state index contributed by atoms with van der Waals surface area (Å²) in [7, 11) is 0. The van der Waals surface area contributed by atoms with E-state index in [2.05, 4.69) is 6.58 Å². The number of hydrogen-bond donors (Lipinski definition) is 1. The van der Waals surface area contributed by atoms with Gasteiger partial charge in [0, 0.05) is 8.44 Å². The number of amides is 1. The molecule has 0 radical (unpaired) electrons. The fourth-order valence-electron chi connectivity index (χ4n) is 1.23. The largest absolute Gasteiger partial charge is 0.330 e. The SMILES string of the molecule is [2H]N1C(=C)C([2H])([2H])CC(C)(C(C)(C)C)C1=O. The van der Waals surface area contributed by atoms with Gasteiger partial charge < -0.3 is 5.31 Å². The fourth-order valence-corrected chi connectivity index (χ4v) is 1.23. The lowest BCUT2D eigenvalue weighted by molar-refractivity contribution is -0.137. The Morgan fingerprint density at radius 2 is 2.23 bits per heavy atom. The minimum Gasteiger partial charge on any atom is -0.330 e. The zero-order valence-electron chi connectivity index (χ0n) is 11.8. The predicted molar refractivity (Wildman–Crippen MR) is 54.1 cm³/mol. The first-order valence-corrected chi connectivity index (χ1v) is 4.46. The second-order valence-corrected chi connectivity index (χ2v) is 4.80. The van der Waals surface area contributed by atoms with Crippen LogP contribution in [0.4, 0.5) is 0 Å². The van der Waals surface area contributed by atoms with E-state index in [1.54, 1.807) is 6.92 Å². The molecule has 1 aliphatic rings. The van der Waals surface area contributed by atoms with Crippen LogP contribution >= 0.6 is 0 Å². The van der Waals surface area contributed by atoms with Gasteiger partial charge in [-0.25, -0.2) is 0 Å². The van der Waals surface area contributed by atoms with Gasteiger partial charge in [0.2, 0.25) is 5.91 Å². The minimum atomic E-state index is -1.70. The van der Waals surface area contributed by atoms with Gasteiger partial charge in [-0.2, -0.15) is 0 Å². The summed E-state index contributed by atoms with van der Waals surface area (Å²) in [5.74, 6) is -0.375. The van der Waals surface area contributed by atoms with Crippen molar-refractivity contribution < 1.29 is 8.95 Å². The molecule has 0 aliphatic carbocycles. The summed E-state index contributed by atoms with van der Waals surface area (Å²) in [4.78, 5) is 12.1. The standard InChI is InChI=1S/C11H19NO/c1-8-6-7-11(5,9(13)12-8)10(2,3)4/h1,6-7H2,2-5H3,(H,12,13)/i6D2/hD. The average molecular weight is 184 g/mol. The monoisotopic (exact) mass is 184 g/mol. The molecule has 1 fully saturated rings. The molecule has 74 valence electrons. The molecule has 1 rings (SSSR count). The second-order valence-electron chi connectivity index (χ2n) is 4.80. The number of allylic oxidation sites excluding steroid dienone is 1. The molecule has 2 nitrogen and oxygen atoms in total. The van der Waals surface area contributed by atoms with Crippen LogP contribution in [0.25, 0.3) is 0 Å². The number of carbonyl (C=O) groups is 1. The topological polar surface area (TPSA) is 29.1 Å². The van der Waals surface area contributed by atoms with E-state index in [1.165, 1.54) is 0 Å². The quantitative estimate of drug-likeness (QED) is 0.615. The molecule has 13 heavy (non-hydrogen) atoms. The Labute approximate surface area is 84.7 Å². The number of carbonyl (C=O) groups excluding carboxylic acids is 1. The van der Waals surface area contributed by atoms with Crippen LogP contribution in [0.15, 0.2) is 12.3 Å². The van der Waals surface area contributed by atoms with E-state index >= 15 is 0 Å². The summed E-state index contributed by atoms with van der Waals surface area (Å²) < 4.78 is 23.3. The highest BCUT2D eigenvalue weighted by atomic mass is 16.2. The Hall–Kier alpha value is -0.790. The Kier molecular flexibility index (Phi) is 1.46. The van der Waals surface area contributed by atoms with Gasteiger partial charge in [0.15, 0.2) is 1.41 Å². The maximum absolute atomic E-state index is 12.1. The van der Waals surface area contributed by atoms with Crippen LogP contribution < -0.4 is 5.31 Å². The van der Waals surface area contributed by atoms with Gasteiger partial charge in [0.25, 0.3) is 0 Å². The molecule has 1 heterocycles. The number of nitrogens with one attached hydrogen (secondary N) is 1. The maximum Gasteiger partial charge on any atom is 0.230 e. The van der Waals surface area contributed by atoms with Crippen molar-refractivity contribution in [1.82, 2.24) is 5.31 Å². The summed E-state index contributed by atoms with van der Waals surface area (Å²) in [5, 5.41) is 0.620. The molecule has 0 saturated carbocycles. The first-order valence-electron chi connectivity index (χ1n) is 5.91. The van der Waals surface area contributed by atoms with E-state index in [0.29, 0.717) is 5.31 Å². The second kappa shape index (κ2) is 2.86. The Balaban J connectivity index is 3.25. The predicted octanol–water partition coefficient (Wildman–Crippen LogP) is 2.46. The van der Waals surface area contributed by atoms with Gasteiger partial charge in [0.1, 0.15) is 0 Å². The van der Waals surface area contributed by atoms with E-state index in [0.717, 1.165) is 0 Å². The van der Waals surface area contributed by atoms with E-state index in [4.69, 9.17) is 4.15 Å². The van der Waals surface area contributed by atoms with Crippen LogP contribution in [0.1, 0.15) is 43.2 Å². The van der Waals surface area contributed by atoms with Gasteiger partial charge in [-0.15, -0.1) is 0 Å². The van der Waals surface area contributed by atoms with Crippen molar-refractivity contribution >= 4 is 5.91 Å². The molecule has 0 aromatic carbocycles. The van der Waals surface area contributed by atoms with Crippen LogP contribution in [0.5, 0.6) is 0 Å². The molecule has 0 aromatic heterocycles. The molecule has 1 saturated heterocycles. The van der Waals surface area contributed by atoms with Crippen molar-refractivity contribution in [1.29, 1.82) is 0 Å². The Bertz CT molecular complexity index is 346. The van der Waals surface area contributed by atoms with Crippen LogP contribution in [0.3, 0.4) is 0 Å². The first kappa shape index (κ1) is 6.63. The van der Waals surface area contributed by atoms with Crippen LogP contribution in [-0.4, -0.2) is 5.91 Å². The zero-order valence-corrected chi connectivity index (χ0v) is 8.77. The molecule has 1 aliphatic heterocycles. The van der Waals surface area contributed by atoms with Gasteiger partial charge in [-0.3, -0.25) is 4.79 Å². The van der Waals surface area contributed by atoms with Gasteiger partial charge in [-0.05, 0) is 18.2 Å². The van der Waals surface area contributed by atoms with E-state index in [9.17, 15) is 4.79 Å². The van der Waals surface area contributed by atoms with Crippen molar-refractivity contribution in [3.05, 3.63) is 12.3 Å². The summed E-state index contributed by atoms with van der Waals surface area (Å²) in [6, 6.07) is 0. The van der Waals surface area contributed by atoms with Crippen molar-refractivity contribution in [2.24, 2.45) is 10.8 Å². The lowest BCUT2D eigenvalue weighted by Gasteiger charge is -2.43. The Morgan fingerprint density at radius 3 is 2.69 bits per heavy atom. The van der Waals surface area contributed by atoms with Gasteiger partial charge in [0.05, 0.1) is 5.41 Å². The van der Waals surface area contributed by atoms with Crippen LogP contribution in [0, 0.1) is 10.8 Å². The maximum atomic E-state index is 12.1. The molecule has 0 spiro atoms. The summed E-state index contributed by atoms with van der Waals surface area (Å²) in [5.41, 5.74) is -1.34. The molecule has 1 amide bonds. The summed E-state index contributed by atoms with van der Waals surface area (Å²) in [6.07, 6.45) is -1.62. The van der Waals surface area contributed by atoms with Crippen molar-refractivity contribution in [2.75, 3.05) is 0 Å². The fraction of sp³-hybridized carbons (Fsp3) is 0.727. The Morgan fingerprint density at radius 1 is 1.69 bits per heavy atom. The van der Waals surface area contributed by atoms with Gasteiger partial charge in [-0.1, -0.05) is 34.3 Å². The third-order valence-electron chi connectivity index (χ3n) is 3.01. The normalized spacial score (nSPS) is 38.2. The number of piperidine rings is 1. The lowest BCUT2D eigenvalue weighted by atomic mass is 9.63. The molecular weight excluding hydrogens is 162 g/mol. The van der Waals surface area contributed by atoms with Crippen molar-refractivity contribution in [2.45, 2.75) is 40.5 Å². The average Bonchev–Trinajstić information content (AvgIpc) is 2.09.